The highest BCUT2D eigenvalue weighted by Crippen LogP contribution is 2.37. The van der Waals surface area contributed by atoms with Crippen LogP contribution in [0.3, 0.4) is 0 Å². The van der Waals surface area contributed by atoms with Crippen molar-refractivity contribution in [3.05, 3.63) is 45.8 Å². The van der Waals surface area contributed by atoms with Crippen LogP contribution in [0.15, 0.2) is 24.3 Å². The molecule has 1 N–H and O–H groups in total. The maximum atomic E-state index is 12.1. The molecular formula is C20H17N3O4S. The molecule has 2 aromatic rings. The van der Waals surface area contributed by atoms with Crippen molar-refractivity contribution in [1.82, 2.24) is 0 Å². The third-order valence-electron chi connectivity index (χ3n) is 4.24. The van der Waals surface area contributed by atoms with E-state index in [4.69, 9.17) is 14.7 Å². The molecule has 0 spiro atoms. The number of fused-ring (bicyclic) bond motifs is 1. The van der Waals surface area contributed by atoms with Gasteiger partial charge in [-0.05, 0) is 55.5 Å². The van der Waals surface area contributed by atoms with Crippen LogP contribution in [-0.4, -0.2) is 25.1 Å². The Kier molecular flexibility index (Phi) is 6.25. The Bertz CT molecular complexity index is 967. The number of rotatable bonds is 6. The van der Waals surface area contributed by atoms with Gasteiger partial charge in [0.05, 0.1) is 17.2 Å². The average molecular weight is 395 g/mol. The number of aryl methyl sites for hydroxylation is 1. The molecule has 0 saturated heterocycles. The Labute approximate surface area is 166 Å². The first-order valence-electron chi connectivity index (χ1n) is 8.73. The molecule has 28 heavy (non-hydrogen) atoms. The van der Waals surface area contributed by atoms with Gasteiger partial charge in [-0.1, -0.05) is 0 Å². The van der Waals surface area contributed by atoms with Crippen LogP contribution in [0.1, 0.15) is 34.4 Å². The Morgan fingerprint density at radius 3 is 2.54 bits per heavy atom. The van der Waals surface area contributed by atoms with Gasteiger partial charge in [0.15, 0.2) is 13.2 Å². The molecule has 1 aliphatic rings. The third-order valence-corrected chi connectivity index (χ3v) is 5.45. The molecule has 7 nitrogen and oxygen atoms in total. The molecule has 142 valence electrons. The number of carbonyl (C=O) groups is 2. The Morgan fingerprint density at radius 1 is 1.07 bits per heavy atom. The predicted molar refractivity (Wildman–Crippen MR) is 102 cm³/mol. The van der Waals surface area contributed by atoms with Crippen molar-refractivity contribution in [2.45, 2.75) is 25.7 Å². The highest BCUT2D eigenvalue weighted by molar-refractivity contribution is 7.16. The van der Waals surface area contributed by atoms with Gasteiger partial charge in [-0.3, -0.25) is 4.79 Å². The SMILES string of the molecule is N#Cc1ccc(OCC(=O)OCC(=O)Nc2sc3c(c2C#N)CCCC3)cc1. The zero-order valence-electron chi connectivity index (χ0n) is 15.0. The van der Waals surface area contributed by atoms with Crippen LogP contribution in [0, 0.1) is 22.7 Å². The van der Waals surface area contributed by atoms with Gasteiger partial charge in [0.1, 0.15) is 16.8 Å². The Morgan fingerprint density at radius 2 is 1.82 bits per heavy atom. The molecule has 0 atom stereocenters. The molecule has 8 heteroatoms. The predicted octanol–water partition coefficient (Wildman–Crippen LogP) is 2.93. The molecule has 1 aromatic carbocycles. The molecule has 0 unspecified atom stereocenters. The topological polar surface area (TPSA) is 112 Å². The molecule has 1 aromatic heterocycles. The molecule has 1 aliphatic carbocycles. The Hall–Kier alpha value is -3.36. The highest BCUT2D eigenvalue weighted by atomic mass is 32.1. The molecule has 3 rings (SSSR count). The van der Waals surface area contributed by atoms with Gasteiger partial charge in [0, 0.05) is 4.88 Å². The fraction of sp³-hybridized carbons (Fsp3) is 0.300. The molecule has 1 heterocycles. The summed E-state index contributed by atoms with van der Waals surface area (Å²) in [5.74, 6) is -0.768. The largest absolute Gasteiger partial charge is 0.482 e. The van der Waals surface area contributed by atoms with Gasteiger partial charge in [-0.15, -0.1) is 11.3 Å². The number of hydrogen-bond acceptors (Lipinski definition) is 7. The maximum Gasteiger partial charge on any atom is 0.344 e. The molecule has 0 bridgehead atoms. The number of nitrogens with zero attached hydrogens (tertiary/aromatic N) is 2. The number of esters is 1. The highest BCUT2D eigenvalue weighted by Gasteiger charge is 2.22. The van der Waals surface area contributed by atoms with Crippen LogP contribution in [0.25, 0.3) is 0 Å². The standard InChI is InChI=1S/C20H17N3O4S/c21-9-13-5-7-14(8-6-13)26-12-19(25)27-11-18(24)23-20-16(10-22)15-3-1-2-4-17(15)28-20/h5-8H,1-4,11-12H2,(H,23,24). The summed E-state index contributed by atoms with van der Waals surface area (Å²) in [6.45, 7) is -0.807. The first-order chi connectivity index (χ1) is 13.6. The summed E-state index contributed by atoms with van der Waals surface area (Å²) in [6, 6.07) is 10.4. The van der Waals surface area contributed by atoms with E-state index in [1.807, 2.05) is 6.07 Å². The van der Waals surface area contributed by atoms with Crippen LogP contribution >= 0.6 is 11.3 Å². The summed E-state index contributed by atoms with van der Waals surface area (Å²) in [7, 11) is 0. The minimum Gasteiger partial charge on any atom is -0.482 e. The van der Waals surface area contributed by atoms with Gasteiger partial charge in [-0.2, -0.15) is 10.5 Å². The molecular weight excluding hydrogens is 378 g/mol. The number of hydrogen-bond donors (Lipinski definition) is 1. The number of nitrogens with one attached hydrogen (secondary N) is 1. The van der Waals surface area contributed by atoms with Gasteiger partial charge >= 0.3 is 5.97 Å². The van der Waals surface area contributed by atoms with E-state index in [0.717, 1.165) is 36.1 Å². The van der Waals surface area contributed by atoms with E-state index in [0.29, 0.717) is 21.9 Å². The quantitative estimate of drug-likeness (QED) is 0.753. The summed E-state index contributed by atoms with van der Waals surface area (Å²) in [6.07, 6.45) is 3.91. The number of ether oxygens (including phenoxy) is 2. The minimum atomic E-state index is -0.689. The second-order valence-electron chi connectivity index (χ2n) is 6.16. The van der Waals surface area contributed by atoms with Crippen molar-refractivity contribution in [2.24, 2.45) is 0 Å². The minimum absolute atomic E-state index is 0.351. The van der Waals surface area contributed by atoms with Crippen molar-refractivity contribution in [2.75, 3.05) is 18.5 Å². The molecule has 0 saturated carbocycles. The first-order valence-corrected chi connectivity index (χ1v) is 9.55. The van der Waals surface area contributed by atoms with E-state index in [1.54, 1.807) is 24.3 Å². The lowest BCUT2D eigenvalue weighted by Crippen LogP contribution is -2.23. The van der Waals surface area contributed by atoms with E-state index in [9.17, 15) is 14.9 Å². The summed E-state index contributed by atoms with van der Waals surface area (Å²) in [5.41, 5.74) is 2.03. The van der Waals surface area contributed by atoms with Crippen molar-refractivity contribution in [1.29, 1.82) is 10.5 Å². The van der Waals surface area contributed by atoms with Crippen LogP contribution in [0.4, 0.5) is 5.00 Å². The summed E-state index contributed by atoms with van der Waals surface area (Å²) >= 11 is 1.42. The number of nitriles is 2. The maximum absolute atomic E-state index is 12.1. The zero-order chi connectivity index (χ0) is 19.9. The van der Waals surface area contributed by atoms with E-state index in [-0.39, 0.29) is 6.61 Å². The zero-order valence-corrected chi connectivity index (χ0v) is 15.8. The first kappa shape index (κ1) is 19.4. The fourth-order valence-electron chi connectivity index (χ4n) is 2.89. The van der Waals surface area contributed by atoms with Gasteiger partial charge in [-0.25, -0.2) is 4.79 Å². The number of anilines is 1. The molecule has 0 aliphatic heterocycles. The average Bonchev–Trinajstić information content (AvgIpc) is 3.07. The third kappa shape index (κ3) is 4.67. The van der Waals surface area contributed by atoms with Crippen LogP contribution in [-0.2, 0) is 27.2 Å². The van der Waals surface area contributed by atoms with Crippen molar-refractivity contribution >= 4 is 28.2 Å². The van der Waals surface area contributed by atoms with Gasteiger partial charge in [0.2, 0.25) is 0 Å². The summed E-state index contributed by atoms with van der Waals surface area (Å²) in [5, 5.41) is 21.3. The van der Waals surface area contributed by atoms with Crippen molar-refractivity contribution in [3.63, 3.8) is 0 Å². The lowest BCUT2D eigenvalue weighted by Gasteiger charge is -2.09. The smallest absolute Gasteiger partial charge is 0.344 e. The van der Waals surface area contributed by atoms with Crippen LogP contribution < -0.4 is 10.1 Å². The van der Waals surface area contributed by atoms with Crippen LogP contribution in [0.5, 0.6) is 5.75 Å². The normalized spacial score (nSPS) is 12.2. The molecule has 0 radical (unpaired) electrons. The molecule has 0 fully saturated rings. The lowest BCUT2D eigenvalue weighted by atomic mass is 9.96. The van der Waals surface area contributed by atoms with E-state index in [1.165, 1.54) is 11.3 Å². The summed E-state index contributed by atoms with van der Waals surface area (Å²) < 4.78 is 10.2. The van der Waals surface area contributed by atoms with E-state index in [2.05, 4.69) is 11.4 Å². The molecule has 1 amide bonds. The number of amides is 1. The van der Waals surface area contributed by atoms with Gasteiger partial charge < -0.3 is 14.8 Å². The second kappa shape index (κ2) is 9.03. The van der Waals surface area contributed by atoms with Gasteiger partial charge in [0.25, 0.3) is 5.91 Å². The van der Waals surface area contributed by atoms with E-state index < -0.39 is 18.5 Å². The second-order valence-corrected chi connectivity index (χ2v) is 7.27. The number of carbonyl (C=O) groups excluding carboxylic acids is 2. The Balaban J connectivity index is 1.48. The monoisotopic (exact) mass is 395 g/mol. The number of thiophene rings is 1. The number of benzene rings is 1. The van der Waals surface area contributed by atoms with Crippen molar-refractivity contribution < 1.29 is 19.1 Å². The van der Waals surface area contributed by atoms with Crippen molar-refractivity contribution in [3.8, 4) is 17.9 Å². The fourth-order valence-corrected chi connectivity index (χ4v) is 4.15. The summed E-state index contributed by atoms with van der Waals surface area (Å²) in [4.78, 5) is 25.0. The van der Waals surface area contributed by atoms with E-state index >= 15 is 0 Å². The lowest BCUT2D eigenvalue weighted by molar-refractivity contribution is -0.149. The van der Waals surface area contributed by atoms with Crippen LogP contribution in [0.2, 0.25) is 0 Å².